The van der Waals surface area contributed by atoms with E-state index in [0.29, 0.717) is 13.2 Å². The predicted octanol–water partition coefficient (Wildman–Crippen LogP) is 1.97. The molecule has 0 spiro atoms. The molecule has 1 saturated heterocycles. The summed E-state index contributed by atoms with van der Waals surface area (Å²) >= 11 is 2.28. The van der Waals surface area contributed by atoms with Gasteiger partial charge in [0, 0.05) is 23.2 Å². The number of aliphatic carboxylic acids is 1. The number of rotatable bonds is 4. The SMILES string of the molecule is O=C(O)CC1CN(Cc2ccc(I)cc2)CCO1. The maximum Gasteiger partial charge on any atom is 0.306 e. The molecular weight excluding hydrogens is 345 g/mol. The number of carboxylic acid groups (broad SMARTS) is 1. The number of hydrogen-bond donors (Lipinski definition) is 1. The van der Waals surface area contributed by atoms with Crippen LogP contribution >= 0.6 is 22.6 Å². The van der Waals surface area contributed by atoms with E-state index in [-0.39, 0.29) is 12.5 Å². The molecule has 4 nitrogen and oxygen atoms in total. The van der Waals surface area contributed by atoms with Crippen LogP contribution in [0.4, 0.5) is 0 Å². The lowest BCUT2D eigenvalue weighted by Crippen LogP contribution is -2.42. The van der Waals surface area contributed by atoms with Gasteiger partial charge in [0.25, 0.3) is 0 Å². The normalized spacial score (nSPS) is 20.8. The van der Waals surface area contributed by atoms with Crippen molar-refractivity contribution >= 4 is 28.6 Å². The summed E-state index contributed by atoms with van der Waals surface area (Å²) in [6, 6.07) is 8.41. The van der Waals surface area contributed by atoms with Crippen molar-refractivity contribution < 1.29 is 14.6 Å². The Balaban J connectivity index is 1.89. The first-order valence-corrected chi connectivity index (χ1v) is 7.01. The van der Waals surface area contributed by atoms with Crippen LogP contribution in [0, 0.1) is 3.57 Å². The highest BCUT2D eigenvalue weighted by atomic mass is 127. The van der Waals surface area contributed by atoms with Crippen molar-refractivity contribution in [3.05, 3.63) is 33.4 Å². The van der Waals surface area contributed by atoms with Crippen molar-refractivity contribution in [1.82, 2.24) is 4.90 Å². The first-order chi connectivity index (χ1) is 8.63. The molecule has 1 heterocycles. The van der Waals surface area contributed by atoms with Gasteiger partial charge < -0.3 is 9.84 Å². The number of halogens is 1. The molecule has 1 aliphatic heterocycles. The van der Waals surface area contributed by atoms with E-state index < -0.39 is 5.97 Å². The van der Waals surface area contributed by atoms with Crippen LogP contribution in [0.5, 0.6) is 0 Å². The van der Waals surface area contributed by atoms with E-state index in [9.17, 15) is 4.79 Å². The Hall–Kier alpha value is -0.660. The average Bonchev–Trinajstić information content (AvgIpc) is 2.32. The van der Waals surface area contributed by atoms with Gasteiger partial charge in [0.1, 0.15) is 0 Å². The van der Waals surface area contributed by atoms with Gasteiger partial charge in [0.2, 0.25) is 0 Å². The van der Waals surface area contributed by atoms with Crippen LogP contribution in [0.15, 0.2) is 24.3 Å². The molecule has 2 rings (SSSR count). The van der Waals surface area contributed by atoms with Gasteiger partial charge in [-0.2, -0.15) is 0 Å². The van der Waals surface area contributed by atoms with Gasteiger partial charge in [-0.05, 0) is 40.3 Å². The quantitative estimate of drug-likeness (QED) is 0.834. The number of morpholine rings is 1. The molecule has 1 aliphatic rings. The monoisotopic (exact) mass is 361 g/mol. The lowest BCUT2D eigenvalue weighted by atomic mass is 10.1. The van der Waals surface area contributed by atoms with E-state index in [1.54, 1.807) is 0 Å². The predicted molar refractivity (Wildman–Crippen MR) is 76.4 cm³/mol. The van der Waals surface area contributed by atoms with E-state index in [1.165, 1.54) is 9.13 Å². The van der Waals surface area contributed by atoms with Crippen molar-refractivity contribution in [2.75, 3.05) is 19.7 Å². The summed E-state index contributed by atoms with van der Waals surface area (Å²) in [5, 5.41) is 8.77. The Bertz CT molecular complexity index is 407. The lowest BCUT2D eigenvalue weighted by Gasteiger charge is -2.32. The van der Waals surface area contributed by atoms with Crippen molar-refractivity contribution in [2.24, 2.45) is 0 Å². The van der Waals surface area contributed by atoms with Gasteiger partial charge in [-0.3, -0.25) is 9.69 Å². The van der Waals surface area contributed by atoms with Gasteiger partial charge in [-0.15, -0.1) is 0 Å². The van der Waals surface area contributed by atoms with Crippen molar-refractivity contribution in [3.63, 3.8) is 0 Å². The van der Waals surface area contributed by atoms with E-state index >= 15 is 0 Å². The molecule has 5 heteroatoms. The molecular formula is C13H16INO3. The number of carbonyl (C=O) groups is 1. The number of carboxylic acids is 1. The summed E-state index contributed by atoms with van der Waals surface area (Å²) in [4.78, 5) is 12.9. The topological polar surface area (TPSA) is 49.8 Å². The molecule has 0 aromatic heterocycles. The summed E-state index contributed by atoms with van der Waals surface area (Å²) in [7, 11) is 0. The second-order valence-corrected chi connectivity index (χ2v) is 5.70. The minimum absolute atomic E-state index is 0.0865. The lowest BCUT2D eigenvalue weighted by molar-refractivity contribution is -0.142. The first-order valence-electron chi connectivity index (χ1n) is 5.93. The van der Waals surface area contributed by atoms with Crippen molar-refractivity contribution in [3.8, 4) is 0 Å². The van der Waals surface area contributed by atoms with E-state index in [1.807, 2.05) is 0 Å². The van der Waals surface area contributed by atoms with Crippen LogP contribution in [0.1, 0.15) is 12.0 Å². The van der Waals surface area contributed by atoms with Crippen LogP contribution in [0.3, 0.4) is 0 Å². The number of hydrogen-bond acceptors (Lipinski definition) is 3. The number of ether oxygens (including phenoxy) is 1. The largest absolute Gasteiger partial charge is 0.481 e. The highest BCUT2D eigenvalue weighted by Gasteiger charge is 2.22. The van der Waals surface area contributed by atoms with Crippen LogP contribution in [0.2, 0.25) is 0 Å². The third-order valence-electron chi connectivity index (χ3n) is 2.94. The molecule has 1 fully saturated rings. The minimum Gasteiger partial charge on any atom is -0.481 e. The van der Waals surface area contributed by atoms with E-state index in [4.69, 9.17) is 9.84 Å². The maximum absolute atomic E-state index is 10.7. The maximum atomic E-state index is 10.7. The molecule has 1 atom stereocenters. The smallest absolute Gasteiger partial charge is 0.306 e. The molecule has 1 aromatic rings. The summed E-state index contributed by atoms with van der Waals surface area (Å²) in [5.74, 6) is -0.795. The zero-order chi connectivity index (χ0) is 13.0. The molecule has 0 bridgehead atoms. The second-order valence-electron chi connectivity index (χ2n) is 4.45. The molecule has 1 aromatic carbocycles. The van der Waals surface area contributed by atoms with Crippen molar-refractivity contribution in [1.29, 1.82) is 0 Å². The van der Waals surface area contributed by atoms with Gasteiger partial charge >= 0.3 is 5.97 Å². The van der Waals surface area contributed by atoms with Crippen LogP contribution in [-0.2, 0) is 16.1 Å². The van der Waals surface area contributed by atoms with E-state index in [0.717, 1.165) is 13.1 Å². The fourth-order valence-corrected chi connectivity index (χ4v) is 2.45. The summed E-state index contributed by atoms with van der Waals surface area (Å²) in [6.07, 6.45) is -0.0940. The van der Waals surface area contributed by atoms with Gasteiger partial charge in [-0.1, -0.05) is 12.1 Å². The molecule has 0 saturated carbocycles. The molecule has 18 heavy (non-hydrogen) atoms. The molecule has 0 aliphatic carbocycles. The Morgan fingerprint density at radius 3 is 2.83 bits per heavy atom. The molecule has 0 amide bonds. The van der Waals surface area contributed by atoms with Gasteiger partial charge in [0.15, 0.2) is 0 Å². The van der Waals surface area contributed by atoms with Gasteiger partial charge in [0.05, 0.1) is 19.1 Å². The Morgan fingerprint density at radius 2 is 2.17 bits per heavy atom. The Kier molecular flexibility index (Phi) is 4.96. The third kappa shape index (κ3) is 4.22. The van der Waals surface area contributed by atoms with Crippen LogP contribution in [0.25, 0.3) is 0 Å². The fourth-order valence-electron chi connectivity index (χ4n) is 2.09. The van der Waals surface area contributed by atoms with Gasteiger partial charge in [-0.25, -0.2) is 0 Å². The molecule has 0 radical (unpaired) electrons. The zero-order valence-corrected chi connectivity index (χ0v) is 12.2. The first kappa shape index (κ1) is 13.8. The molecule has 1 unspecified atom stereocenters. The van der Waals surface area contributed by atoms with E-state index in [2.05, 4.69) is 51.8 Å². The highest BCUT2D eigenvalue weighted by Crippen LogP contribution is 2.14. The van der Waals surface area contributed by atoms with Crippen LogP contribution in [-0.4, -0.2) is 41.8 Å². The van der Waals surface area contributed by atoms with Crippen LogP contribution < -0.4 is 0 Å². The highest BCUT2D eigenvalue weighted by molar-refractivity contribution is 14.1. The minimum atomic E-state index is -0.795. The summed E-state index contributed by atoms with van der Waals surface area (Å²) in [5.41, 5.74) is 1.26. The second kappa shape index (κ2) is 6.49. The third-order valence-corrected chi connectivity index (χ3v) is 3.66. The Morgan fingerprint density at radius 1 is 1.44 bits per heavy atom. The molecule has 98 valence electrons. The number of nitrogens with zero attached hydrogens (tertiary/aromatic N) is 1. The molecule has 1 N–H and O–H groups in total. The fraction of sp³-hybridized carbons (Fsp3) is 0.462. The standard InChI is InChI=1S/C13H16INO3/c14-11-3-1-10(2-4-11)8-15-5-6-18-12(9-15)7-13(16)17/h1-4,12H,5-9H2,(H,16,17). The van der Waals surface area contributed by atoms with Crippen molar-refractivity contribution in [2.45, 2.75) is 19.1 Å². The summed E-state index contributed by atoms with van der Waals surface area (Å²) in [6.45, 7) is 3.03. The zero-order valence-electron chi connectivity index (χ0n) is 10.0. The summed E-state index contributed by atoms with van der Waals surface area (Å²) < 4.78 is 6.68. The number of benzene rings is 1. The Labute approximate surface area is 120 Å². The average molecular weight is 361 g/mol.